The summed E-state index contributed by atoms with van der Waals surface area (Å²) in [6, 6.07) is 61.3. The lowest BCUT2D eigenvalue weighted by atomic mass is 10.0. The summed E-state index contributed by atoms with van der Waals surface area (Å²) in [5.74, 6) is 0.697. The van der Waals surface area contributed by atoms with Gasteiger partial charge in [-0.3, -0.25) is 0 Å². The molecule has 10 rings (SSSR count). The SMILES string of the molecule is c1ccc(-c2ccc(-c3nc(-c4ccccc4)cc(-c4ccc(-n5c6ccccc6c6c7oc8ccccc8c7ccc65)cc4)n3)cc2)cc1. The highest BCUT2D eigenvalue weighted by molar-refractivity contribution is 6.23. The third-order valence-corrected chi connectivity index (χ3v) is 9.65. The van der Waals surface area contributed by atoms with Gasteiger partial charge >= 0.3 is 0 Å². The Kier molecular flexibility index (Phi) is 6.46. The first-order valence-electron chi connectivity index (χ1n) is 16.8. The number of nitrogens with zero attached hydrogens (tertiary/aromatic N) is 3. The zero-order chi connectivity index (χ0) is 33.0. The van der Waals surface area contributed by atoms with E-state index in [0.717, 1.165) is 77.7 Å². The Balaban J connectivity index is 1.09. The van der Waals surface area contributed by atoms with Crippen LogP contribution in [0.5, 0.6) is 0 Å². The van der Waals surface area contributed by atoms with E-state index in [1.54, 1.807) is 0 Å². The van der Waals surface area contributed by atoms with E-state index >= 15 is 0 Å². The largest absolute Gasteiger partial charge is 0.455 e. The molecule has 0 aliphatic heterocycles. The summed E-state index contributed by atoms with van der Waals surface area (Å²) in [6.45, 7) is 0. The van der Waals surface area contributed by atoms with E-state index < -0.39 is 0 Å². The summed E-state index contributed by atoms with van der Waals surface area (Å²) in [7, 11) is 0. The molecule has 0 aliphatic carbocycles. The normalized spacial score (nSPS) is 11.6. The zero-order valence-electron chi connectivity index (χ0n) is 27.0. The summed E-state index contributed by atoms with van der Waals surface area (Å²) in [5, 5.41) is 4.57. The second kappa shape index (κ2) is 11.4. The Hall–Kier alpha value is -6.78. The van der Waals surface area contributed by atoms with Gasteiger partial charge in [-0.25, -0.2) is 9.97 Å². The summed E-state index contributed by atoms with van der Waals surface area (Å²) >= 11 is 0. The van der Waals surface area contributed by atoms with Crippen molar-refractivity contribution in [1.29, 1.82) is 0 Å². The predicted octanol–water partition coefficient (Wildman–Crippen LogP) is 12.1. The Morgan fingerprint density at radius 2 is 0.960 bits per heavy atom. The molecule has 3 heterocycles. The fraction of sp³-hybridized carbons (Fsp3) is 0. The number of aromatic nitrogens is 3. The van der Waals surface area contributed by atoms with Gasteiger partial charge in [-0.15, -0.1) is 0 Å². The molecule has 0 saturated carbocycles. The number of hydrogen-bond acceptors (Lipinski definition) is 3. The first-order valence-corrected chi connectivity index (χ1v) is 16.8. The van der Waals surface area contributed by atoms with Crippen molar-refractivity contribution in [2.45, 2.75) is 0 Å². The van der Waals surface area contributed by atoms with Gasteiger partial charge < -0.3 is 8.98 Å². The van der Waals surface area contributed by atoms with E-state index in [9.17, 15) is 0 Å². The predicted molar refractivity (Wildman–Crippen MR) is 205 cm³/mol. The maximum atomic E-state index is 6.50. The van der Waals surface area contributed by atoms with Crippen molar-refractivity contribution < 1.29 is 4.42 Å². The van der Waals surface area contributed by atoms with Crippen molar-refractivity contribution in [2.75, 3.05) is 0 Å². The van der Waals surface area contributed by atoms with E-state index in [1.807, 2.05) is 36.4 Å². The molecule has 0 saturated heterocycles. The Morgan fingerprint density at radius 3 is 1.70 bits per heavy atom. The van der Waals surface area contributed by atoms with E-state index in [-0.39, 0.29) is 0 Å². The molecule has 234 valence electrons. The molecule has 0 amide bonds. The molecule has 0 atom stereocenters. The van der Waals surface area contributed by atoms with Gasteiger partial charge in [-0.2, -0.15) is 0 Å². The fourth-order valence-corrected chi connectivity index (χ4v) is 7.22. The van der Waals surface area contributed by atoms with Crippen LogP contribution < -0.4 is 0 Å². The van der Waals surface area contributed by atoms with Crippen LogP contribution in [-0.4, -0.2) is 14.5 Å². The molecule has 4 heteroatoms. The Bertz CT molecular complexity index is 2830. The van der Waals surface area contributed by atoms with Gasteiger partial charge in [0.2, 0.25) is 0 Å². The lowest BCUT2D eigenvalue weighted by Crippen LogP contribution is -1.97. The van der Waals surface area contributed by atoms with Crippen LogP contribution in [0, 0.1) is 0 Å². The molecule has 10 aromatic rings. The average molecular weight is 640 g/mol. The molecular weight excluding hydrogens is 611 g/mol. The van der Waals surface area contributed by atoms with Crippen LogP contribution in [0.4, 0.5) is 0 Å². The molecule has 3 aromatic heterocycles. The first kappa shape index (κ1) is 28.3. The van der Waals surface area contributed by atoms with E-state index in [1.165, 1.54) is 10.9 Å². The highest BCUT2D eigenvalue weighted by Gasteiger charge is 2.19. The van der Waals surface area contributed by atoms with Crippen LogP contribution >= 0.6 is 0 Å². The van der Waals surface area contributed by atoms with Gasteiger partial charge in [0.15, 0.2) is 5.82 Å². The first-order chi connectivity index (χ1) is 24.8. The lowest BCUT2D eigenvalue weighted by molar-refractivity contribution is 0.673. The second-order valence-corrected chi connectivity index (χ2v) is 12.6. The Labute approximate surface area is 288 Å². The number of furan rings is 1. The zero-order valence-corrected chi connectivity index (χ0v) is 27.0. The maximum Gasteiger partial charge on any atom is 0.160 e. The van der Waals surface area contributed by atoms with Gasteiger partial charge in [0, 0.05) is 38.5 Å². The molecule has 7 aromatic carbocycles. The van der Waals surface area contributed by atoms with Crippen LogP contribution in [0.3, 0.4) is 0 Å². The molecule has 50 heavy (non-hydrogen) atoms. The minimum absolute atomic E-state index is 0.697. The monoisotopic (exact) mass is 639 g/mol. The molecule has 0 aliphatic rings. The number of hydrogen-bond donors (Lipinski definition) is 0. The maximum absolute atomic E-state index is 6.50. The second-order valence-electron chi connectivity index (χ2n) is 12.6. The number of fused-ring (bicyclic) bond motifs is 7. The van der Waals surface area contributed by atoms with Crippen LogP contribution in [0.1, 0.15) is 0 Å². The number of para-hydroxylation sites is 2. The minimum atomic E-state index is 0.697. The van der Waals surface area contributed by atoms with Gasteiger partial charge in [-0.05, 0) is 53.6 Å². The summed E-state index contributed by atoms with van der Waals surface area (Å²) in [4.78, 5) is 10.2. The van der Waals surface area contributed by atoms with Crippen LogP contribution in [-0.2, 0) is 0 Å². The number of rotatable bonds is 5. The fourth-order valence-electron chi connectivity index (χ4n) is 7.22. The van der Waals surface area contributed by atoms with Crippen molar-refractivity contribution in [3.8, 4) is 50.7 Å². The van der Waals surface area contributed by atoms with E-state index in [4.69, 9.17) is 14.4 Å². The van der Waals surface area contributed by atoms with Crippen LogP contribution in [0.15, 0.2) is 180 Å². The van der Waals surface area contributed by atoms with Crippen molar-refractivity contribution in [1.82, 2.24) is 14.5 Å². The summed E-state index contributed by atoms with van der Waals surface area (Å²) in [5.41, 5.74) is 12.3. The van der Waals surface area contributed by atoms with Crippen molar-refractivity contribution in [2.24, 2.45) is 0 Å². The van der Waals surface area contributed by atoms with Crippen molar-refractivity contribution >= 4 is 43.7 Å². The smallest absolute Gasteiger partial charge is 0.160 e. The highest BCUT2D eigenvalue weighted by Crippen LogP contribution is 2.40. The van der Waals surface area contributed by atoms with Gasteiger partial charge in [0.25, 0.3) is 0 Å². The molecule has 0 unspecified atom stereocenters. The lowest BCUT2D eigenvalue weighted by Gasteiger charge is -2.12. The highest BCUT2D eigenvalue weighted by atomic mass is 16.3. The third-order valence-electron chi connectivity index (χ3n) is 9.65. The molecule has 0 bridgehead atoms. The standard InChI is InChI=1S/C46H29N3O/c1-3-11-30(12-4-1)31-19-21-34(22-20-31)46-47-39(32-13-5-2-6-14-32)29-40(48-46)33-23-25-35(26-24-33)49-41-17-9-7-16-38(41)44-42(49)28-27-37-36-15-8-10-18-43(36)50-45(37)44/h1-29H. The molecule has 0 radical (unpaired) electrons. The quantitative estimate of drug-likeness (QED) is 0.188. The average Bonchev–Trinajstić information content (AvgIpc) is 3.74. The molecule has 0 fully saturated rings. The minimum Gasteiger partial charge on any atom is -0.455 e. The Morgan fingerprint density at radius 1 is 0.400 bits per heavy atom. The van der Waals surface area contributed by atoms with E-state index in [0.29, 0.717) is 5.82 Å². The molecule has 0 N–H and O–H groups in total. The molecule has 4 nitrogen and oxygen atoms in total. The van der Waals surface area contributed by atoms with Gasteiger partial charge in [-0.1, -0.05) is 133 Å². The van der Waals surface area contributed by atoms with Crippen molar-refractivity contribution in [3.05, 3.63) is 176 Å². The number of benzene rings is 7. The summed E-state index contributed by atoms with van der Waals surface area (Å²) < 4.78 is 8.83. The van der Waals surface area contributed by atoms with Gasteiger partial charge in [0.05, 0.1) is 27.8 Å². The van der Waals surface area contributed by atoms with Crippen LogP contribution in [0.25, 0.3) is 94.5 Å². The summed E-state index contributed by atoms with van der Waals surface area (Å²) in [6.07, 6.45) is 0. The van der Waals surface area contributed by atoms with E-state index in [2.05, 4.69) is 144 Å². The molecular formula is C46H29N3O. The van der Waals surface area contributed by atoms with Crippen LogP contribution in [0.2, 0.25) is 0 Å². The van der Waals surface area contributed by atoms with Gasteiger partial charge in [0.1, 0.15) is 11.2 Å². The topological polar surface area (TPSA) is 43.9 Å². The molecule has 0 spiro atoms. The third kappa shape index (κ3) is 4.61. The van der Waals surface area contributed by atoms with Crippen molar-refractivity contribution in [3.63, 3.8) is 0 Å².